The van der Waals surface area contributed by atoms with Crippen molar-refractivity contribution in [3.8, 4) is 0 Å². The first kappa shape index (κ1) is 15.5. The molecule has 122 valence electrons. The molecule has 0 unspecified atom stereocenters. The number of hydrogen-bond acceptors (Lipinski definition) is 5. The Morgan fingerprint density at radius 2 is 1.91 bits per heavy atom. The predicted octanol–water partition coefficient (Wildman–Crippen LogP) is 1.21. The highest BCUT2D eigenvalue weighted by Gasteiger charge is 2.72. The van der Waals surface area contributed by atoms with Crippen LogP contribution in [0.4, 0.5) is 0 Å². The highest BCUT2D eigenvalue weighted by Crippen LogP contribution is 2.52. The highest BCUT2D eigenvalue weighted by molar-refractivity contribution is 6.12. The number of ether oxygens (including phenoxy) is 2. The molecule has 3 rings (SSSR count). The monoisotopic (exact) mass is 317 g/mol. The van der Waals surface area contributed by atoms with E-state index < -0.39 is 35.4 Å². The number of carbonyl (C=O) groups is 3. The largest absolute Gasteiger partial charge is 0.467 e. The number of fused-ring (bicyclic) bond motifs is 1. The molecule has 2 aliphatic rings. The summed E-state index contributed by atoms with van der Waals surface area (Å²) in [6, 6.07) is 9.16. The molecule has 1 aromatic carbocycles. The van der Waals surface area contributed by atoms with Crippen LogP contribution in [0, 0.1) is 17.8 Å². The van der Waals surface area contributed by atoms with E-state index in [2.05, 4.69) is 5.32 Å². The Morgan fingerprint density at radius 1 is 1.26 bits per heavy atom. The molecule has 1 N–H and O–H groups in total. The van der Waals surface area contributed by atoms with Gasteiger partial charge in [0, 0.05) is 0 Å². The van der Waals surface area contributed by atoms with E-state index in [4.69, 9.17) is 9.47 Å². The number of esters is 2. The number of nitrogens with one attached hydrogen (secondary N) is 1. The third-order valence-corrected chi connectivity index (χ3v) is 4.75. The molecule has 23 heavy (non-hydrogen) atoms. The first-order valence-corrected chi connectivity index (χ1v) is 7.60. The smallest absolute Gasteiger partial charge is 0.344 e. The lowest BCUT2D eigenvalue weighted by Gasteiger charge is -2.26. The van der Waals surface area contributed by atoms with Gasteiger partial charge in [-0.1, -0.05) is 44.2 Å². The fourth-order valence-electron chi connectivity index (χ4n) is 3.74. The number of methoxy groups -OCH3 is 1. The second-order valence-electron chi connectivity index (χ2n) is 6.32. The lowest BCUT2D eigenvalue weighted by Crippen LogP contribution is -2.57. The van der Waals surface area contributed by atoms with Crippen molar-refractivity contribution >= 4 is 17.8 Å². The van der Waals surface area contributed by atoms with E-state index >= 15 is 0 Å². The van der Waals surface area contributed by atoms with Gasteiger partial charge in [0.2, 0.25) is 11.4 Å². The highest BCUT2D eigenvalue weighted by atomic mass is 16.6. The number of carbonyl (C=O) groups excluding carboxylic acids is 3. The van der Waals surface area contributed by atoms with Crippen LogP contribution in [0.2, 0.25) is 0 Å². The summed E-state index contributed by atoms with van der Waals surface area (Å²) in [7, 11) is 1.20. The minimum absolute atomic E-state index is 0.0488. The van der Waals surface area contributed by atoms with E-state index in [0.29, 0.717) is 0 Å². The van der Waals surface area contributed by atoms with Crippen molar-refractivity contribution in [2.24, 2.45) is 17.8 Å². The lowest BCUT2D eigenvalue weighted by atomic mass is 9.73. The molecule has 4 atom stereocenters. The number of hydrogen-bond donors (Lipinski definition) is 1. The minimum atomic E-state index is -1.75. The van der Waals surface area contributed by atoms with Gasteiger partial charge in [0.15, 0.2) is 0 Å². The van der Waals surface area contributed by atoms with Crippen LogP contribution in [0.3, 0.4) is 0 Å². The average Bonchev–Trinajstić information content (AvgIpc) is 3.00. The molecule has 0 bridgehead atoms. The van der Waals surface area contributed by atoms with Gasteiger partial charge in [-0.15, -0.1) is 0 Å². The molecular weight excluding hydrogens is 298 g/mol. The first-order valence-electron chi connectivity index (χ1n) is 7.60. The van der Waals surface area contributed by atoms with Crippen LogP contribution >= 0.6 is 0 Å². The summed E-state index contributed by atoms with van der Waals surface area (Å²) in [5.74, 6) is -3.02. The van der Waals surface area contributed by atoms with Gasteiger partial charge in [-0.2, -0.15) is 0 Å². The van der Waals surface area contributed by atoms with E-state index in [1.54, 1.807) is 0 Å². The molecular formula is C17H19NO5. The third kappa shape index (κ3) is 2.04. The summed E-state index contributed by atoms with van der Waals surface area (Å²) in [5, 5.41) is 2.57. The Hall–Kier alpha value is -2.37. The van der Waals surface area contributed by atoms with E-state index in [1.165, 1.54) is 7.11 Å². The maximum atomic E-state index is 12.5. The quantitative estimate of drug-likeness (QED) is 0.669. The molecule has 1 aromatic rings. The fourth-order valence-corrected chi connectivity index (χ4v) is 3.74. The number of cyclic esters (lactones) is 1. The maximum absolute atomic E-state index is 12.5. The molecule has 2 aliphatic heterocycles. The SMILES string of the molecule is COC(=O)[C@@]12NC(=O)[C@@H](C(C)C)[C@@H]1[C@@H](c1ccccc1)OC2=O. The molecule has 0 aromatic heterocycles. The molecule has 6 heteroatoms. The standard InChI is InChI=1S/C17H19NO5/c1-9(2)11-12-13(10-7-5-4-6-8-10)23-16(21)17(12,15(20)22-3)18-14(11)19/h4-9,11-13H,1-3H3,(H,18,19)/t11-,12+,13+,17-/m0/s1. The topological polar surface area (TPSA) is 81.7 Å². The summed E-state index contributed by atoms with van der Waals surface area (Å²) in [5.41, 5.74) is -0.986. The summed E-state index contributed by atoms with van der Waals surface area (Å²) in [6.07, 6.45) is -0.658. The van der Waals surface area contributed by atoms with Crippen LogP contribution in [0.15, 0.2) is 30.3 Å². The van der Waals surface area contributed by atoms with Gasteiger partial charge in [-0.05, 0) is 11.5 Å². The maximum Gasteiger partial charge on any atom is 0.344 e. The van der Waals surface area contributed by atoms with E-state index in [-0.39, 0.29) is 11.8 Å². The van der Waals surface area contributed by atoms with Gasteiger partial charge in [-0.3, -0.25) is 4.79 Å². The fraction of sp³-hybridized carbons (Fsp3) is 0.471. The zero-order chi connectivity index (χ0) is 16.8. The van der Waals surface area contributed by atoms with Crippen molar-refractivity contribution in [2.75, 3.05) is 7.11 Å². The Balaban J connectivity index is 2.14. The van der Waals surface area contributed by atoms with Gasteiger partial charge in [-0.25, -0.2) is 9.59 Å². The van der Waals surface area contributed by atoms with E-state index in [0.717, 1.165) is 5.56 Å². The Morgan fingerprint density at radius 3 is 2.48 bits per heavy atom. The molecule has 0 spiro atoms. The minimum Gasteiger partial charge on any atom is -0.467 e. The van der Waals surface area contributed by atoms with E-state index in [1.807, 2.05) is 44.2 Å². The van der Waals surface area contributed by atoms with Gasteiger partial charge in [0.05, 0.1) is 18.9 Å². The van der Waals surface area contributed by atoms with Gasteiger partial charge in [0.1, 0.15) is 6.10 Å². The number of benzene rings is 1. The molecule has 6 nitrogen and oxygen atoms in total. The van der Waals surface area contributed by atoms with Crippen LogP contribution < -0.4 is 5.32 Å². The molecule has 2 saturated heterocycles. The number of amides is 1. The van der Waals surface area contributed by atoms with Crippen LogP contribution in [0.5, 0.6) is 0 Å². The van der Waals surface area contributed by atoms with Gasteiger partial charge in [0.25, 0.3) is 0 Å². The summed E-state index contributed by atoms with van der Waals surface area (Å²) >= 11 is 0. The predicted molar refractivity (Wildman–Crippen MR) is 80.0 cm³/mol. The number of rotatable bonds is 3. The molecule has 2 fully saturated rings. The van der Waals surface area contributed by atoms with Crippen molar-refractivity contribution < 1.29 is 23.9 Å². The van der Waals surface area contributed by atoms with Gasteiger partial charge < -0.3 is 14.8 Å². The third-order valence-electron chi connectivity index (χ3n) is 4.75. The summed E-state index contributed by atoms with van der Waals surface area (Å²) < 4.78 is 10.3. The van der Waals surface area contributed by atoms with Crippen molar-refractivity contribution in [1.82, 2.24) is 5.32 Å². The molecule has 1 amide bonds. The van der Waals surface area contributed by atoms with Crippen molar-refractivity contribution in [3.63, 3.8) is 0 Å². The zero-order valence-electron chi connectivity index (χ0n) is 13.2. The van der Waals surface area contributed by atoms with Crippen molar-refractivity contribution in [1.29, 1.82) is 0 Å². The van der Waals surface area contributed by atoms with Crippen LogP contribution in [-0.4, -0.2) is 30.5 Å². The van der Waals surface area contributed by atoms with Crippen LogP contribution in [0.1, 0.15) is 25.5 Å². The second kappa shape index (κ2) is 5.37. The average molecular weight is 317 g/mol. The van der Waals surface area contributed by atoms with E-state index in [9.17, 15) is 14.4 Å². The Labute approximate surface area is 134 Å². The molecule has 0 saturated carbocycles. The van der Waals surface area contributed by atoms with Crippen molar-refractivity contribution in [2.45, 2.75) is 25.5 Å². The van der Waals surface area contributed by atoms with Crippen molar-refractivity contribution in [3.05, 3.63) is 35.9 Å². The molecule has 2 heterocycles. The normalized spacial score (nSPS) is 32.4. The summed E-state index contributed by atoms with van der Waals surface area (Å²) in [6.45, 7) is 3.78. The zero-order valence-corrected chi connectivity index (χ0v) is 13.2. The lowest BCUT2D eigenvalue weighted by molar-refractivity contribution is -0.159. The van der Waals surface area contributed by atoms with Crippen LogP contribution in [-0.2, 0) is 23.9 Å². The first-order chi connectivity index (χ1) is 10.9. The second-order valence-corrected chi connectivity index (χ2v) is 6.32. The summed E-state index contributed by atoms with van der Waals surface area (Å²) in [4.78, 5) is 37.4. The Kier molecular flexibility index (Phi) is 3.62. The van der Waals surface area contributed by atoms with Gasteiger partial charge >= 0.3 is 11.9 Å². The molecule has 0 radical (unpaired) electrons. The Bertz CT molecular complexity index is 656. The van der Waals surface area contributed by atoms with Crippen LogP contribution in [0.25, 0.3) is 0 Å². The molecule has 0 aliphatic carbocycles.